The van der Waals surface area contributed by atoms with E-state index in [0.29, 0.717) is 24.0 Å². The van der Waals surface area contributed by atoms with Crippen molar-refractivity contribution in [2.24, 2.45) is 0 Å². The summed E-state index contributed by atoms with van der Waals surface area (Å²) >= 11 is 1.57. The van der Waals surface area contributed by atoms with Gasteiger partial charge in [0.25, 0.3) is 0 Å². The fraction of sp³-hybridized carbons (Fsp3) is 0.688. The van der Waals surface area contributed by atoms with Crippen LogP contribution in [0.1, 0.15) is 62.7 Å². The number of amides is 3. The monoisotopic (exact) mass is 336 g/mol. The predicted octanol–water partition coefficient (Wildman–Crippen LogP) is 2.98. The van der Waals surface area contributed by atoms with Gasteiger partial charge in [0.1, 0.15) is 0 Å². The first kappa shape index (κ1) is 16.2. The third-order valence-electron chi connectivity index (χ3n) is 4.74. The highest BCUT2D eigenvalue weighted by Crippen LogP contribution is 2.36. The SMILES string of the molecule is CC1(CNC(=O)Nc2ncc(C3CCCCC3)s2)CCC(=O)N1. The molecule has 1 aliphatic carbocycles. The molecule has 1 saturated carbocycles. The van der Waals surface area contributed by atoms with Crippen LogP contribution in [0.5, 0.6) is 0 Å². The lowest BCUT2D eigenvalue weighted by Crippen LogP contribution is -2.49. The van der Waals surface area contributed by atoms with Crippen LogP contribution in [0.3, 0.4) is 0 Å². The van der Waals surface area contributed by atoms with Gasteiger partial charge >= 0.3 is 6.03 Å². The van der Waals surface area contributed by atoms with Crippen molar-refractivity contribution < 1.29 is 9.59 Å². The predicted molar refractivity (Wildman–Crippen MR) is 90.7 cm³/mol. The molecule has 1 aromatic rings. The molecule has 23 heavy (non-hydrogen) atoms. The molecule has 0 spiro atoms. The average molecular weight is 336 g/mol. The van der Waals surface area contributed by atoms with Gasteiger partial charge in [-0.1, -0.05) is 19.3 Å². The summed E-state index contributed by atoms with van der Waals surface area (Å²) in [6.45, 7) is 2.37. The number of hydrogen-bond acceptors (Lipinski definition) is 4. The van der Waals surface area contributed by atoms with E-state index in [1.165, 1.54) is 37.0 Å². The van der Waals surface area contributed by atoms with Crippen molar-refractivity contribution in [1.29, 1.82) is 0 Å². The standard InChI is InChI=1S/C16H24N4O2S/c1-16(8-7-13(21)20-16)10-18-14(22)19-15-17-9-12(23-15)11-5-3-2-4-6-11/h9,11H,2-8,10H2,1H3,(H,20,21)(H2,17,18,19,22). The van der Waals surface area contributed by atoms with Crippen LogP contribution in [0, 0.1) is 0 Å². The number of nitrogens with zero attached hydrogens (tertiary/aromatic N) is 1. The molecule has 3 rings (SSSR count). The van der Waals surface area contributed by atoms with E-state index in [9.17, 15) is 9.59 Å². The molecule has 3 amide bonds. The first-order valence-electron chi connectivity index (χ1n) is 8.36. The zero-order valence-electron chi connectivity index (χ0n) is 13.5. The van der Waals surface area contributed by atoms with Crippen LogP contribution in [-0.2, 0) is 4.79 Å². The summed E-state index contributed by atoms with van der Waals surface area (Å²) in [5.41, 5.74) is -0.343. The van der Waals surface area contributed by atoms with E-state index < -0.39 is 0 Å². The third kappa shape index (κ3) is 4.22. The molecule has 0 aromatic carbocycles. The Balaban J connectivity index is 1.48. The van der Waals surface area contributed by atoms with E-state index in [0.717, 1.165) is 6.42 Å². The van der Waals surface area contributed by atoms with E-state index in [1.54, 1.807) is 11.3 Å². The van der Waals surface area contributed by atoms with Gasteiger partial charge in [-0.15, -0.1) is 11.3 Å². The Kier molecular flexibility index (Phi) is 4.84. The summed E-state index contributed by atoms with van der Waals surface area (Å²) < 4.78 is 0. The second-order valence-corrected chi connectivity index (χ2v) is 7.88. The quantitative estimate of drug-likeness (QED) is 0.790. The van der Waals surface area contributed by atoms with E-state index in [4.69, 9.17) is 0 Å². The zero-order valence-corrected chi connectivity index (χ0v) is 14.3. The molecule has 2 fully saturated rings. The number of aromatic nitrogens is 1. The van der Waals surface area contributed by atoms with Gasteiger partial charge < -0.3 is 10.6 Å². The number of carbonyl (C=O) groups excluding carboxylic acids is 2. The summed E-state index contributed by atoms with van der Waals surface area (Å²) in [6.07, 6.45) is 9.53. The summed E-state index contributed by atoms with van der Waals surface area (Å²) in [5.74, 6) is 0.652. The molecule has 1 saturated heterocycles. The Morgan fingerprint density at radius 1 is 1.43 bits per heavy atom. The van der Waals surface area contributed by atoms with Crippen LogP contribution in [-0.4, -0.2) is 29.0 Å². The molecular weight excluding hydrogens is 312 g/mol. The Bertz CT molecular complexity index is 582. The lowest BCUT2D eigenvalue weighted by atomic mass is 9.89. The number of thiazole rings is 1. The molecule has 1 unspecified atom stereocenters. The lowest BCUT2D eigenvalue weighted by molar-refractivity contribution is -0.119. The molecule has 3 N–H and O–H groups in total. The summed E-state index contributed by atoms with van der Waals surface area (Å²) in [4.78, 5) is 28.9. The fourth-order valence-corrected chi connectivity index (χ4v) is 4.30. The van der Waals surface area contributed by atoms with Gasteiger partial charge in [-0.05, 0) is 32.1 Å². The van der Waals surface area contributed by atoms with Crippen LogP contribution in [0.25, 0.3) is 0 Å². The maximum Gasteiger partial charge on any atom is 0.321 e. The highest BCUT2D eigenvalue weighted by Gasteiger charge is 2.33. The lowest BCUT2D eigenvalue weighted by Gasteiger charge is -2.24. The molecule has 126 valence electrons. The van der Waals surface area contributed by atoms with Gasteiger partial charge in [0.15, 0.2) is 5.13 Å². The molecule has 2 aliphatic rings. The molecule has 1 aliphatic heterocycles. The van der Waals surface area contributed by atoms with Crippen molar-refractivity contribution >= 4 is 28.4 Å². The van der Waals surface area contributed by atoms with Gasteiger partial charge in [0.05, 0.1) is 5.54 Å². The third-order valence-corrected chi connectivity index (χ3v) is 5.81. The van der Waals surface area contributed by atoms with Crippen molar-refractivity contribution in [3.63, 3.8) is 0 Å². The molecule has 1 aromatic heterocycles. The topological polar surface area (TPSA) is 83.1 Å². The first-order chi connectivity index (χ1) is 11.0. The highest BCUT2D eigenvalue weighted by atomic mass is 32.1. The number of nitrogens with one attached hydrogen (secondary N) is 3. The molecule has 0 radical (unpaired) electrons. The summed E-state index contributed by atoms with van der Waals surface area (Å²) in [6, 6.07) is -0.267. The molecule has 2 heterocycles. The zero-order chi connectivity index (χ0) is 16.3. The summed E-state index contributed by atoms with van der Waals surface area (Å²) in [5, 5.41) is 9.17. The van der Waals surface area contributed by atoms with Crippen LogP contribution in [0.4, 0.5) is 9.93 Å². The minimum atomic E-state index is -0.343. The number of carbonyl (C=O) groups is 2. The Labute approximate surface area is 140 Å². The fourth-order valence-electron chi connectivity index (χ4n) is 3.32. The Hall–Kier alpha value is -1.63. The van der Waals surface area contributed by atoms with Crippen molar-refractivity contribution in [3.8, 4) is 0 Å². The molecular formula is C16H24N4O2S. The van der Waals surface area contributed by atoms with Gasteiger partial charge in [0.2, 0.25) is 5.91 Å². The second-order valence-electron chi connectivity index (χ2n) is 6.82. The number of anilines is 1. The molecule has 7 heteroatoms. The normalized spacial score (nSPS) is 25.2. The van der Waals surface area contributed by atoms with Gasteiger partial charge in [-0.25, -0.2) is 9.78 Å². The Morgan fingerprint density at radius 3 is 2.91 bits per heavy atom. The van der Waals surface area contributed by atoms with Gasteiger partial charge in [-0.2, -0.15) is 0 Å². The number of urea groups is 1. The van der Waals surface area contributed by atoms with Gasteiger partial charge in [-0.3, -0.25) is 10.1 Å². The van der Waals surface area contributed by atoms with Gasteiger partial charge in [0, 0.05) is 24.0 Å². The van der Waals surface area contributed by atoms with Crippen LogP contribution in [0.2, 0.25) is 0 Å². The van der Waals surface area contributed by atoms with E-state index in [-0.39, 0.29) is 17.5 Å². The maximum atomic E-state index is 12.0. The largest absolute Gasteiger partial charge is 0.349 e. The highest BCUT2D eigenvalue weighted by molar-refractivity contribution is 7.15. The molecule has 0 bridgehead atoms. The number of rotatable bonds is 4. The van der Waals surface area contributed by atoms with E-state index in [1.807, 2.05) is 13.1 Å². The summed E-state index contributed by atoms with van der Waals surface area (Å²) in [7, 11) is 0. The Morgan fingerprint density at radius 2 is 2.22 bits per heavy atom. The second kappa shape index (κ2) is 6.86. The van der Waals surface area contributed by atoms with E-state index >= 15 is 0 Å². The van der Waals surface area contributed by atoms with Crippen molar-refractivity contribution in [2.45, 2.75) is 63.3 Å². The van der Waals surface area contributed by atoms with Crippen LogP contribution >= 0.6 is 11.3 Å². The minimum Gasteiger partial charge on any atom is -0.349 e. The smallest absolute Gasteiger partial charge is 0.321 e. The maximum absolute atomic E-state index is 12.0. The average Bonchev–Trinajstić information content (AvgIpc) is 3.14. The minimum absolute atomic E-state index is 0.0479. The van der Waals surface area contributed by atoms with Crippen molar-refractivity contribution in [3.05, 3.63) is 11.1 Å². The van der Waals surface area contributed by atoms with Crippen LogP contribution in [0.15, 0.2) is 6.20 Å². The van der Waals surface area contributed by atoms with Crippen molar-refractivity contribution in [1.82, 2.24) is 15.6 Å². The van der Waals surface area contributed by atoms with Crippen molar-refractivity contribution in [2.75, 3.05) is 11.9 Å². The van der Waals surface area contributed by atoms with Crippen LogP contribution < -0.4 is 16.0 Å². The molecule has 1 atom stereocenters. The first-order valence-corrected chi connectivity index (χ1v) is 9.17. The molecule has 6 nitrogen and oxygen atoms in total. The number of hydrogen-bond donors (Lipinski definition) is 3. The van der Waals surface area contributed by atoms with E-state index in [2.05, 4.69) is 20.9 Å².